The number of aromatic hydroxyl groups is 1. The minimum atomic E-state index is -0.437. The van der Waals surface area contributed by atoms with Crippen LogP contribution in [0.4, 0.5) is 0 Å². The van der Waals surface area contributed by atoms with Crippen LogP contribution in [0.15, 0.2) is 23.0 Å². The molecule has 0 fully saturated rings. The van der Waals surface area contributed by atoms with Gasteiger partial charge in [-0.3, -0.25) is 4.79 Å². The molecular weight excluding hydrogens is 239 g/mol. The Morgan fingerprint density at radius 1 is 1.47 bits per heavy atom. The van der Waals surface area contributed by atoms with Crippen LogP contribution in [0.5, 0.6) is 5.75 Å². The Morgan fingerprint density at radius 3 is 2.87 bits per heavy atom. The summed E-state index contributed by atoms with van der Waals surface area (Å²) >= 11 is 11.3. The largest absolute Gasteiger partial charge is 0.506 e. The number of halogens is 2. The molecule has 2 aromatic rings. The molecule has 0 saturated carbocycles. The van der Waals surface area contributed by atoms with Crippen molar-refractivity contribution in [3.05, 3.63) is 34.4 Å². The minimum Gasteiger partial charge on any atom is -0.506 e. The number of para-hydroxylation sites is 1. The van der Waals surface area contributed by atoms with Gasteiger partial charge in [-0.05, 0) is 12.1 Å². The van der Waals surface area contributed by atoms with Crippen LogP contribution in [0.25, 0.3) is 10.9 Å². The molecule has 2 rings (SSSR count). The number of hydrogen-bond acceptors (Lipinski definition) is 3. The Labute approximate surface area is 94.8 Å². The molecule has 1 aromatic heterocycles. The molecule has 0 aliphatic heterocycles. The minimum absolute atomic E-state index is 0.00299. The fourth-order valence-corrected chi connectivity index (χ4v) is 1.73. The van der Waals surface area contributed by atoms with E-state index in [2.05, 4.69) is 4.98 Å². The molecule has 78 valence electrons. The van der Waals surface area contributed by atoms with Gasteiger partial charge in [0.25, 0.3) is 5.56 Å². The lowest BCUT2D eigenvalue weighted by Crippen LogP contribution is -2.18. The van der Waals surface area contributed by atoms with E-state index in [1.54, 1.807) is 12.1 Å². The van der Waals surface area contributed by atoms with Gasteiger partial charge in [0.15, 0.2) is 0 Å². The van der Waals surface area contributed by atoms with Gasteiger partial charge in [-0.2, -0.15) is 0 Å². The molecule has 0 atom stereocenters. The quantitative estimate of drug-likeness (QED) is 0.780. The van der Waals surface area contributed by atoms with E-state index in [9.17, 15) is 9.90 Å². The van der Waals surface area contributed by atoms with E-state index in [1.807, 2.05) is 0 Å². The molecule has 0 saturated heterocycles. The van der Waals surface area contributed by atoms with E-state index in [4.69, 9.17) is 23.4 Å². The van der Waals surface area contributed by atoms with Gasteiger partial charge in [-0.15, -0.1) is 11.6 Å². The van der Waals surface area contributed by atoms with Crippen LogP contribution in [0.1, 0.15) is 5.82 Å². The first-order valence-electron chi connectivity index (χ1n) is 4.11. The zero-order chi connectivity index (χ0) is 11.0. The molecule has 0 amide bonds. The highest BCUT2D eigenvalue weighted by molar-refractivity contribution is 6.19. The number of phenolic OH excluding ortho intramolecular Hbond substituents is 1. The standard InChI is InChI=1S/C9H6Cl2N2O2/c10-4-7-12-8-5(9(15)13(7)11)2-1-3-6(8)14/h1-3,14H,4H2. The van der Waals surface area contributed by atoms with Crippen LogP contribution >= 0.6 is 23.4 Å². The van der Waals surface area contributed by atoms with Crippen LogP contribution < -0.4 is 5.56 Å². The lowest BCUT2D eigenvalue weighted by Gasteiger charge is -2.04. The molecule has 0 aliphatic carbocycles. The van der Waals surface area contributed by atoms with E-state index >= 15 is 0 Å². The molecule has 6 heteroatoms. The third-order valence-electron chi connectivity index (χ3n) is 2.01. The second kappa shape index (κ2) is 3.72. The molecule has 0 radical (unpaired) electrons. The number of nitrogens with zero attached hydrogens (tertiary/aromatic N) is 2. The van der Waals surface area contributed by atoms with Gasteiger partial charge < -0.3 is 5.11 Å². The number of aromatic nitrogens is 2. The van der Waals surface area contributed by atoms with Gasteiger partial charge in [0.1, 0.15) is 17.1 Å². The van der Waals surface area contributed by atoms with Crippen LogP contribution in [-0.4, -0.2) is 14.2 Å². The molecule has 1 aromatic carbocycles. The Kier molecular flexibility index (Phi) is 2.54. The molecule has 0 unspecified atom stereocenters. The smallest absolute Gasteiger partial charge is 0.276 e. The lowest BCUT2D eigenvalue weighted by molar-refractivity contribution is 0.480. The van der Waals surface area contributed by atoms with E-state index in [-0.39, 0.29) is 28.4 Å². The van der Waals surface area contributed by atoms with Gasteiger partial charge in [0.05, 0.1) is 11.3 Å². The van der Waals surface area contributed by atoms with E-state index in [0.29, 0.717) is 0 Å². The van der Waals surface area contributed by atoms with Crippen molar-refractivity contribution in [2.75, 3.05) is 0 Å². The van der Waals surface area contributed by atoms with Crippen LogP contribution in [0.2, 0.25) is 0 Å². The summed E-state index contributed by atoms with van der Waals surface area (Å²) in [6, 6.07) is 4.55. The van der Waals surface area contributed by atoms with E-state index in [0.717, 1.165) is 4.09 Å². The van der Waals surface area contributed by atoms with Crippen molar-refractivity contribution >= 4 is 34.3 Å². The Bertz CT molecular complexity index is 580. The molecule has 0 spiro atoms. The zero-order valence-electron chi connectivity index (χ0n) is 7.44. The molecule has 15 heavy (non-hydrogen) atoms. The third kappa shape index (κ3) is 1.56. The van der Waals surface area contributed by atoms with Gasteiger partial charge in [0.2, 0.25) is 0 Å². The molecule has 0 aliphatic rings. The Hall–Kier alpha value is -1.26. The van der Waals surface area contributed by atoms with E-state index < -0.39 is 5.56 Å². The average Bonchev–Trinajstić information content (AvgIpc) is 2.24. The van der Waals surface area contributed by atoms with Crippen LogP contribution in [0, 0.1) is 0 Å². The van der Waals surface area contributed by atoms with Crippen molar-refractivity contribution in [2.45, 2.75) is 5.88 Å². The number of alkyl halides is 1. The highest BCUT2D eigenvalue weighted by Crippen LogP contribution is 2.20. The van der Waals surface area contributed by atoms with E-state index in [1.165, 1.54) is 6.07 Å². The Balaban J connectivity index is 2.98. The molecule has 4 nitrogen and oxygen atoms in total. The number of rotatable bonds is 1. The highest BCUT2D eigenvalue weighted by Gasteiger charge is 2.10. The second-order valence-electron chi connectivity index (χ2n) is 2.92. The van der Waals surface area contributed by atoms with Crippen LogP contribution in [0.3, 0.4) is 0 Å². The first-order chi connectivity index (χ1) is 7.15. The summed E-state index contributed by atoms with van der Waals surface area (Å²) in [6.45, 7) is 0. The molecular formula is C9H6Cl2N2O2. The maximum atomic E-state index is 11.7. The lowest BCUT2D eigenvalue weighted by atomic mass is 10.2. The zero-order valence-corrected chi connectivity index (χ0v) is 8.96. The summed E-state index contributed by atoms with van der Waals surface area (Å²) in [6.07, 6.45) is 0. The number of hydrogen-bond donors (Lipinski definition) is 1. The second-order valence-corrected chi connectivity index (χ2v) is 3.53. The number of phenols is 1. The van der Waals surface area contributed by atoms with Gasteiger partial charge >= 0.3 is 0 Å². The topological polar surface area (TPSA) is 55.1 Å². The van der Waals surface area contributed by atoms with Crippen molar-refractivity contribution in [3.63, 3.8) is 0 Å². The predicted molar refractivity (Wildman–Crippen MR) is 58.5 cm³/mol. The molecule has 1 N–H and O–H groups in total. The summed E-state index contributed by atoms with van der Waals surface area (Å²) in [4.78, 5) is 15.7. The number of benzene rings is 1. The van der Waals surface area contributed by atoms with Gasteiger partial charge in [-0.1, -0.05) is 6.07 Å². The van der Waals surface area contributed by atoms with Crippen LogP contribution in [-0.2, 0) is 5.88 Å². The number of fused-ring (bicyclic) bond motifs is 1. The maximum Gasteiger partial charge on any atom is 0.276 e. The molecule has 0 bridgehead atoms. The fraction of sp³-hybridized carbons (Fsp3) is 0.111. The summed E-state index contributed by atoms with van der Waals surface area (Å²) in [5.74, 6) is 0.147. The maximum absolute atomic E-state index is 11.7. The van der Waals surface area contributed by atoms with Gasteiger partial charge in [-0.25, -0.2) is 9.07 Å². The summed E-state index contributed by atoms with van der Waals surface area (Å²) < 4.78 is 0.856. The molecule has 1 heterocycles. The summed E-state index contributed by atoms with van der Waals surface area (Å²) in [5, 5.41) is 9.77. The highest BCUT2D eigenvalue weighted by atomic mass is 35.5. The summed E-state index contributed by atoms with van der Waals surface area (Å²) in [7, 11) is 0. The van der Waals surface area contributed by atoms with Crippen molar-refractivity contribution < 1.29 is 5.11 Å². The fourth-order valence-electron chi connectivity index (χ4n) is 1.30. The van der Waals surface area contributed by atoms with Crippen molar-refractivity contribution in [3.8, 4) is 5.75 Å². The van der Waals surface area contributed by atoms with Crippen molar-refractivity contribution in [1.29, 1.82) is 0 Å². The Morgan fingerprint density at radius 2 is 2.20 bits per heavy atom. The monoisotopic (exact) mass is 244 g/mol. The SMILES string of the molecule is O=c1c2cccc(O)c2nc(CCl)n1Cl. The first-order valence-corrected chi connectivity index (χ1v) is 4.98. The summed E-state index contributed by atoms with van der Waals surface area (Å²) in [5.41, 5.74) is -0.219. The van der Waals surface area contributed by atoms with Crippen molar-refractivity contribution in [2.24, 2.45) is 0 Å². The normalized spacial score (nSPS) is 10.8. The third-order valence-corrected chi connectivity index (χ3v) is 2.60. The van der Waals surface area contributed by atoms with Crippen molar-refractivity contribution in [1.82, 2.24) is 9.07 Å². The average molecular weight is 245 g/mol. The first kappa shape index (κ1) is 10.3. The predicted octanol–water partition coefficient (Wildman–Crippen LogP) is 1.84. The van der Waals surface area contributed by atoms with Gasteiger partial charge in [0, 0.05) is 11.8 Å².